The number of hydrogen-bond acceptors (Lipinski definition) is 3. The molecule has 0 bridgehead atoms. The molecule has 0 radical (unpaired) electrons. The molecule has 0 spiro atoms. The highest BCUT2D eigenvalue weighted by Crippen LogP contribution is 2.32. The third-order valence-corrected chi connectivity index (χ3v) is 4.76. The summed E-state index contributed by atoms with van der Waals surface area (Å²) >= 11 is 1.74. The summed E-state index contributed by atoms with van der Waals surface area (Å²) < 4.78 is 0. The minimum Gasteiger partial charge on any atom is -0.302 e. The van der Waals surface area contributed by atoms with Crippen molar-refractivity contribution in [2.45, 2.75) is 53.1 Å². The van der Waals surface area contributed by atoms with Crippen LogP contribution < -0.4 is 5.32 Å². The summed E-state index contributed by atoms with van der Waals surface area (Å²) in [6.07, 6.45) is 1.11. The largest absolute Gasteiger partial charge is 0.302 e. The van der Waals surface area contributed by atoms with Crippen LogP contribution in [0.15, 0.2) is 35.8 Å². The molecule has 1 N–H and O–H groups in total. The van der Waals surface area contributed by atoms with Gasteiger partial charge in [0.15, 0.2) is 0 Å². The van der Waals surface area contributed by atoms with Crippen molar-refractivity contribution in [3.8, 4) is 0 Å². The molecule has 1 aromatic carbocycles. The Morgan fingerprint density at radius 1 is 1.19 bits per heavy atom. The molecule has 114 valence electrons. The number of nitrogens with zero attached hydrogens (tertiary/aromatic N) is 1. The van der Waals surface area contributed by atoms with Gasteiger partial charge in [0.1, 0.15) is 0 Å². The fourth-order valence-corrected chi connectivity index (χ4v) is 3.49. The van der Waals surface area contributed by atoms with Crippen LogP contribution in [-0.2, 0) is 0 Å². The first-order valence-corrected chi connectivity index (χ1v) is 8.46. The fourth-order valence-electron chi connectivity index (χ4n) is 2.67. The minimum atomic E-state index is 0.288. The molecular weight excluding hydrogens is 276 g/mol. The normalized spacial score (nSPS) is 14.9. The summed E-state index contributed by atoms with van der Waals surface area (Å²) in [4.78, 5) is 5.71. The van der Waals surface area contributed by atoms with Crippen molar-refractivity contribution < 1.29 is 0 Å². The molecule has 0 amide bonds. The van der Waals surface area contributed by atoms with E-state index >= 15 is 0 Å². The molecule has 1 heterocycles. The molecule has 0 aliphatic heterocycles. The molecule has 0 saturated carbocycles. The first kappa shape index (κ1) is 16.2. The van der Waals surface area contributed by atoms with Gasteiger partial charge < -0.3 is 5.32 Å². The van der Waals surface area contributed by atoms with Crippen LogP contribution in [0.3, 0.4) is 0 Å². The molecule has 0 aliphatic carbocycles. The van der Waals surface area contributed by atoms with Crippen LogP contribution in [0.5, 0.6) is 0 Å². The Kier molecular flexibility index (Phi) is 5.17. The molecule has 2 atom stereocenters. The second-order valence-corrected chi connectivity index (χ2v) is 7.80. The van der Waals surface area contributed by atoms with Crippen molar-refractivity contribution in [1.29, 1.82) is 0 Å². The lowest BCUT2D eigenvalue weighted by molar-refractivity contribution is 0.298. The van der Waals surface area contributed by atoms with Crippen LogP contribution in [0.25, 0.3) is 0 Å². The molecule has 0 aliphatic rings. The molecule has 3 heteroatoms. The SMILES string of the molecule is Cc1ncsc1C(C)NC(CC(C)(C)C)c1ccccc1. The summed E-state index contributed by atoms with van der Waals surface area (Å²) in [7, 11) is 0. The van der Waals surface area contributed by atoms with Gasteiger partial charge in [0.05, 0.1) is 11.2 Å². The highest BCUT2D eigenvalue weighted by Gasteiger charge is 2.23. The predicted molar refractivity (Wildman–Crippen MR) is 91.7 cm³/mol. The van der Waals surface area contributed by atoms with Crippen LogP contribution >= 0.6 is 11.3 Å². The standard InChI is InChI=1S/C18H26N2S/c1-13-17(21-12-19-13)14(2)20-16(11-18(3,4)5)15-9-7-6-8-10-15/h6-10,12,14,16,20H,11H2,1-5H3. The van der Waals surface area contributed by atoms with Gasteiger partial charge in [-0.2, -0.15) is 0 Å². The summed E-state index contributed by atoms with van der Waals surface area (Å²) in [6, 6.07) is 11.4. The van der Waals surface area contributed by atoms with E-state index in [9.17, 15) is 0 Å². The lowest BCUT2D eigenvalue weighted by Crippen LogP contribution is -2.28. The van der Waals surface area contributed by atoms with E-state index in [0.717, 1.165) is 12.1 Å². The van der Waals surface area contributed by atoms with E-state index < -0.39 is 0 Å². The van der Waals surface area contributed by atoms with Crippen LogP contribution in [-0.4, -0.2) is 4.98 Å². The smallest absolute Gasteiger partial charge is 0.0798 e. The van der Waals surface area contributed by atoms with Crippen molar-refractivity contribution in [3.63, 3.8) is 0 Å². The molecule has 2 unspecified atom stereocenters. The van der Waals surface area contributed by atoms with Gasteiger partial charge in [-0.3, -0.25) is 0 Å². The molecule has 21 heavy (non-hydrogen) atoms. The highest BCUT2D eigenvalue weighted by molar-refractivity contribution is 7.09. The Morgan fingerprint density at radius 3 is 2.38 bits per heavy atom. The van der Waals surface area contributed by atoms with Crippen LogP contribution in [0.4, 0.5) is 0 Å². The second kappa shape index (κ2) is 6.71. The average molecular weight is 302 g/mol. The summed E-state index contributed by atoms with van der Waals surface area (Å²) in [5.74, 6) is 0. The van der Waals surface area contributed by atoms with Crippen molar-refractivity contribution in [1.82, 2.24) is 10.3 Å². The monoisotopic (exact) mass is 302 g/mol. The van der Waals surface area contributed by atoms with Gasteiger partial charge in [-0.1, -0.05) is 51.1 Å². The number of rotatable bonds is 5. The summed E-state index contributed by atoms with van der Waals surface area (Å²) in [5, 5.41) is 3.80. The van der Waals surface area contributed by atoms with Crippen LogP contribution in [0, 0.1) is 12.3 Å². The maximum atomic E-state index is 4.37. The zero-order chi connectivity index (χ0) is 15.5. The molecule has 2 nitrogen and oxygen atoms in total. The molecule has 2 rings (SSSR count). The Labute approximate surface area is 132 Å². The van der Waals surface area contributed by atoms with E-state index in [1.807, 2.05) is 5.51 Å². The van der Waals surface area contributed by atoms with E-state index in [2.05, 4.69) is 75.3 Å². The summed E-state index contributed by atoms with van der Waals surface area (Å²) in [5.41, 5.74) is 4.73. The van der Waals surface area contributed by atoms with Gasteiger partial charge in [0.25, 0.3) is 0 Å². The average Bonchev–Trinajstić information content (AvgIpc) is 2.84. The predicted octanol–water partition coefficient (Wildman–Crippen LogP) is 5.28. The van der Waals surface area contributed by atoms with Crippen LogP contribution in [0.1, 0.15) is 62.3 Å². The highest BCUT2D eigenvalue weighted by atomic mass is 32.1. The summed E-state index contributed by atoms with van der Waals surface area (Å²) in [6.45, 7) is 11.2. The first-order chi connectivity index (χ1) is 9.87. The molecular formula is C18H26N2S. The van der Waals surface area contributed by atoms with E-state index in [4.69, 9.17) is 0 Å². The van der Waals surface area contributed by atoms with Gasteiger partial charge in [0, 0.05) is 17.0 Å². The number of thiazole rings is 1. The van der Waals surface area contributed by atoms with Crippen LogP contribution in [0.2, 0.25) is 0 Å². The topological polar surface area (TPSA) is 24.9 Å². The number of aromatic nitrogens is 1. The second-order valence-electron chi connectivity index (χ2n) is 6.92. The number of benzene rings is 1. The molecule has 1 aromatic heterocycles. The maximum absolute atomic E-state index is 4.37. The van der Waals surface area contributed by atoms with E-state index in [1.165, 1.54) is 10.4 Å². The lowest BCUT2D eigenvalue weighted by Gasteiger charge is -2.29. The van der Waals surface area contributed by atoms with Crippen molar-refractivity contribution >= 4 is 11.3 Å². The number of hydrogen-bond donors (Lipinski definition) is 1. The minimum absolute atomic E-state index is 0.288. The Hall–Kier alpha value is -1.19. The zero-order valence-corrected chi connectivity index (χ0v) is 14.5. The number of aryl methyl sites for hydroxylation is 1. The first-order valence-electron chi connectivity index (χ1n) is 7.58. The Balaban J connectivity index is 2.18. The number of nitrogens with one attached hydrogen (secondary N) is 1. The molecule has 2 aromatic rings. The van der Waals surface area contributed by atoms with Gasteiger partial charge in [-0.15, -0.1) is 11.3 Å². The maximum Gasteiger partial charge on any atom is 0.0798 e. The molecule has 0 fully saturated rings. The fraction of sp³-hybridized carbons (Fsp3) is 0.500. The van der Waals surface area contributed by atoms with Gasteiger partial charge >= 0.3 is 0 Å². The third-order valence-electron chi connectivity index (χ3n) is 3.65. The third kappa shape index (κ3) is 4.65. The van der Waals surface area contributed by atoms with E-state index in [0.29, 0.717) is 12.1 Å². The lowest BCUT2D eigenvalue weighted by atomic mass is 9.85. The van der Waals surface area contributed by atoms with E-state index in [1.54, 1.807) is 11.3 Å². The van der Waals surface area contributed by atoms with Gasteiger partial charge in [-0.25, -0.2) is 4.98 Å². The van der Waals surface area contributed by atoms with Crippen molar-refractivity contribution in [3.05, 3.63) is 52.0 Å². The van der Waals surface area contributed by atoms with Gasteiger partial charge in [0.2, 0.25) is 0 Å². The van der Waals surface area contributed by atoms with Gasteiger partial charge in [-0.05, 0) is 31.2 Å². The zero-order valence-electron chi connectivity index (χ0n) is 13.7. The Bertz CT molecular complexity index is 554. The molecule has 0 saturated heterocycles. The van der Waals surface area contributed by atoms with E-state index in [-0.39, 0.29) is 5.41 Å². The quantitative estimate of drug-likeness (QED) is 0.812. The van der Waals surface area contributed by atoms with Crippen molar-refractivity contribution in [2.75, 3.05) is 0 Å². The van der Waals surface area contributed by atoms with Crippen molar-refractivity contribution in [2.24, 2.45) is 5.41 Å². The Morgan fingerprint density at radius 2 is 1.86 bits per heavy atom.